The van der Waals surface area contributed by atoms with Crippen molar-refractivity contribution in [2.45, 2.75) is 38.8 Å². The molecule has 2 aromatic rings. The number of hydrogen-bond acceptors (Lipinski definition) is 2. The summed E-state index contributed by atoms with van der Waals surface area (Å²) in [6.07, 6.45) is 3.32. The van der Waals surface area contributed by atoms with Crippen LogP contribution in [0.3, 0.4) is 0 Å². The van der Waals surface area contributed by atoms with E-state index in [4.69, 9.17) is 4.42 Å². The Morgan fingerprint density at radius 1 is 1.09 bits per heavy atom. The summed E-state index contributed by atoms with van der Waals surface area (Å²) in [5.74, 6) is 1.05. The molecule has 23 heavy (non-hydrogen) atoms. The van der Waals surface area contributed by atoms with Crippen LogP contribution in [0, 0.1) is 19.7 Å². The maximum atomic E-state index is 13.4. The van der Waals surface area contributed by atoms with Crippen molar-refractivity contribution in [1.29, 1.82) is 0 Å². The molecule has 3 nitrogen and oxygen atoms in total. The van der Waals surface area contributed by atoms with Gasteiger partial charge in [0.25, 0.3) is 5.72 Å². The number of benzene rings is 1. The quantitative estimate of drug-likeness (QED) is 0.872. The number of furan rings is 1. The van der Waals surface area contributed by atoms with Gasteiger partial charge in [-0.2, -0.15) is 0 Å². The first-order valence-electron chi connectivity index (χ1n) is 8.27. The second kappa shape index (κ2) is 5.77. The summed E-state index contributed by atoms with van der Waals surface area (Å²) in [6, 6.07) is 8.05. The molecule has 0 saturated carbocycles. The highest BCUT2D eigenvalue weighted by molar-refractivity contribution is 5.32. The molecule has 0 spiro atoms. The molecule has 3 rings (SSSR count). The van der Waals surface area contributed by atoms with Crippen LogP contribution in [0.2, 0.25) is 0 Å². The summed E-state index contributed by atoms with van der Waals surface area (Å²) >= 11 is 0. The molecule has 1 atom stereocenters. The number of rotatable bonds is 3. The van der Waals surface area contributed by atoms with Crippen LogP contribution in [-0.2, 0) is 5.72 Å². The Kier molecular flexibility index (Phi) is 4.07. The van der Waals surface area contributed by atoms with Gasteiger partial charge in [-0.15, -0.1) is 0 Å². The number of likely N-dealkylation sites (tertiary alicyclic amines) is 1. The molecule has 1 aromatic carbocycles. The van der Waals surface area contributed by atoms with E-state index in [2.05, 4.69) is 7.05 Å². The van der Waals surface area contributed by atoms with Gasteiger partial charge in [-0.1, -0.05) is 0 Å². The molecule has 0 bridgehead atoms. The lowest BCUT2D eigenvalue weighted by Gasteiger charge is -2.48. The SMILES string of the molecule is Cc1cc(C(O)(c2ccc(F)cc2)[N+]2(C)CCCCC2)oc1C. The molecule has 1 fully saturated rings. The standard InChI is InChI=1S/C19H25FNO2/c1-14-13-18(23-15(14)2)19(22,16-7-9-17(20)10-8-16)21(3)11-5-4-6-12-21/h7-10,13,22H,4-6,11-12H2,1-3H3/q+1. The number of piperidine rings is 1. The van der Waals surface area contributed by atoms with E-state index in [1.54, 1.807) is 12.1 Å². The Morgan fingerprint density at radius 2 is 1.70 bits per heavy atom. The molecule has 1 unspecified atom stereocenters. The molecule has 1 aromatic heterocycles. The molecule has 0 radical (unpaired) electrons. The smallest absolute Gasteiger partial charge is 0.287 e. The lowest BCUT2D eigenvalue weighted by atomic mass is 9.92. The summed E-state index contributed by atoms with van der Waals surface area (Å²) < 4.78 is 19.8. The third kappa shape index (κ3) is 2.60. The molecule has 1 aliphatic rings. The van der Waals surface area contributed by atoms with Crippen molar-refractivity contribution in [3.8, 4) is 0 Å². The number of nitrogens with zero attached hydrogens (tertiary/aromatic N) is 1. The van der Waals surface area contributed by atoms with Crippen LogP contribution < -0.4 is 0 Å². The molecule has 1 saturated heterocycles. The van der Waals surface area contributed by atoms with Crippen LogP contribution in [-0.4, -0.2) is 29.7 Å². The second-order valence-electron chi connectivity index (χ2n) is 6.93. The van der Waals surface area contributed by atoms with E-state index in [1.165, 1.54) is 18.6 Å². The van der Waals surface area contributed by atoms with Gasteiger partial charge in [-0.25, -0.2) is 4.39 Å². The van der Waals surface area contributed by atoms with Crippen molar-refractivity contribution in [2.24, 2.45) is 0 Å². The first-order valence-corrected chi connectivity index (χ1v) is 8.27. The van der Waals surface area contributed by atoms with Crippen LogP contribution in [0.4, 0.5) is 4.39 Å². The maximum Gasteiger partial charge on any atom is 0.287 e. The van der Waals surface area contributed by atoms with Gasteiger partial charge in [0.15, 0.2) is 5.76 Å². The average molecular weight is 318 g/mol. The molecule has 2 heterocycles. The van der Waals surface area contributed by atoms with Crippen molar-refractivity contribution >= 4 is 0 Å². The zero-order chi connectivity index (χ0) is 16.7. The van der Waals surface area contributed by atoms with Crippen molar-refractivity contribution in [3.63, 3.8) is 0 Å². The second-order valence-corrected chi connectivity index (χ2v) is 6.93. The highest BCUT2D eigenvalue weighted by atomic mass is 19.1. The minimum absolute atomic E-state index is 0.302. The van der Waals surface area contributed by atoms with E-state index in [0.29, 0.717) is 15.8 Å². The zero-order valence-corrected chi connectivity index (χ0v) is 14.1. The lowest BCUT2D eigenvalue weighted by molar-refractivity contribution is -0.990. The van der Waals surface area contributed by atoms with Crippen LogP contribution in [0.25, 0.3) is 0 Å². The predicted molar refractivity (Wildman–Crippen MR) is 87.4 cm³/mol. The summed E-state index contributed by atoms with van der Waals surface area (Å²) in [4.78, 5) is 0. The number of aliphatic hydroxyl groups is 1. The van der Waals surface area contributed by atoms with Gasteiger partial charge in [-0.05, 0) is 69.0 Å². The van der Waals surface area contributed by atoms with Crippen molar-refractivity contribution < 1.29 is 18.4 Å². The van der Waals surface area contributed by atoms with Crippen LogP contribution in [0.15, 0.2) is 34.7 Å². The van der Waals surface area contributed by atoms with Crippen molar-refractivity contribution in [3.05, 3.63) is 58.8 Å². The minimum atomic E-state index is -1.30. The highest BCUT2D eigenvalue weighted by Gasteiger charge is 2.53. The number of halogens is 1. The Balaban J connectivity index is 2.18. The van der Waals surface area contributed by atoms with Gasteiger partial charge in [-0.3, -0.25) is 4.48 Å². The van der Waals surface area contributed by atoms with Crippen LogP contribution >= 0.6 is 0 Å². The molecule has 1 aliphatic heterocycles. The lowest BCUT2D eigenvalue weighted by Crippen LogP contribution is -2.62. The van der Waals surface area contributed by atoms with E-state index in [-0.39, 0.29) is 5.82 Å². The first-order chi connectivity index (χ1) is 10.9. The van der Waals surface area contributed by atoms with E-state index in [0.717, 1.165) is 37.3 Å². The number of hydrogen-bond donors (Lipinski definition) is 1. The fraction of sp³-hybridized carbons (Fsp3) is 0.474. The van der Waals surface area contributed by atoms with E-state index >= 15 is 0 Å². The van der Waals surface area contributed by atoms with Gasteiger partial charge >= 0.3 is 0 Å². The van der Waals surface area contributed by atoms with Gasteiger partial charge in [0.05, 0.1) is 20.1 Å². The predicted octanol–water partition coefficient (Wildman–Crippen LogP) is 3.86. The van der Waals surface area contributed by atoms with E-state index < -0.39 is 5.72 Å². The van der Waals surface area contributed by atoms with E-state index in [9.17, 15) is 9.50 Å². The fourth-order valence-corrected chi connectivity index (χ4v) is 3.68. The average Bonchev–Trinajstić information content (AvgIpc) is 2.87. The molecule has 4 heteroatoms. The van der Waals surface area contributed by atoms with Crippen LogP contribution in [0.5, 0.6) is 0 Å². The Morgan fingerprint density at radius 3 is 2.22 bits per heavy atom. The van der Waals surface area contributed by atoms with Crippen molar-refractivity contribution in [1.82, 2.24) is 0 Å². The number of aryl methyl sites for hydroxylation is 2. The van der Waals surface area contributed by atoms with Gasteiger partial charge in [0.1, 0.15) is 11.6 Å². The van der Waals surface area contributed by atoms with Gasteiger partial charge in [0.2, 0.25) is 0 Å². The Labute approximate surface area is 136 Å². The summed E-state index contributed by atoms with van der Waals surface area (Å²) in [5, 5.41) is 11.8. The fourth-order valence-electron chi connectivity index (χ4n) is 3.68. The summed E-state index contributed by atoms with van der Waals surface area (Å²) in [6.45, 7) is 5.61. The topological polar surface area (TPSA) is 33.4 Å². The highest BCUT2D eigenvalue weighted by Crippen LogP contribution is 2.42. The third-order valence-electron chi connectivity index (χ3n) is 5.34. The molecular formula is C19H25FNO2+. The monoisotopic (exact) mass is 318 g/mol. The van der Waals surface area contributed by atoms with E-state index in [1.807, 2.05) is 19.9 Å². The summed E-state index contributed by atoms with van der Waals surface area (Å²) in [7, 11) is 2.07. The van der Waals surface area contributed by atoms with Gasteiger partial charge in [0, 0.05) is 5.56 Å². The normalized spacial score (nSPS) is 20.2. The number of quaternary nitrogens is 1. The third-order valence-corrected chi connectivity index (χ3v) is 5.34. The van der Waals surface area contributed by atoms with Gasteiger partial charge < -0.3 is 9.52 Å². The van der Waals surface area contributed by atoms with Crippen LogP contribution in [0.1, 0.15) is 41.9 Å². The minimum Gasteiger partial charge on any atom is -0.456 e. The Bertz CT molecular complexity index is 666. The summed E-state index contributed by atoms with van der Waals surface area (Å²) in [5.41, 5.74) is 0.397. The molecular weight excluding hydrogens is 293 g/mol. The first kappa shape index (κ1) is 16.2. The molecule has 0 amide bonds. The molecule has 124 valence electrons. The van der Waals surface area contributed by atoms with Crippen molar-refractivity contribution in [2.75, 3.05) is 20.1 Å². The molecule has 0 aliphatic carbocycles. The maximum absolute atomic E-state index is 13.4. The zero-order valence-electron chi connectivity index (χ0n) is 14.1. The largest absolute Gasteiger partial charge is 0.456 e. The Hall–Kier alpha value is -1.65. The molecule has 1 N–H and O–H groups in total.